The van der Waals surface area contributed by atoms with Crippen molar-refractivity contribution >= 4 is 30.3 Å². The highest BCUT2D eigenvalue weighted by Gasteiger charge is 2.41. The Morgan fingerprint density at radius 3 is 1.43 bits per heavy atom. The van der Waals surface area contributed by atoms with Crippen molar-refractivity contribution in [3.63, 3.8) is 0 Å². The van der Waals surface area contributed by atoms with E-state index in [2.05, 4.69) is 102 Å². The molecular weight excluding hydrogens is 559 g/mol. The lowest BCUT2D eigenvalue weighted by Crippen LogP contribution is -2.45. The van der Waals surface area contributed by atoms with E-state index < -0.39 is 14.0 Å². The van der Waals surface area contributed by atoms with Crippen LogP contribution in [0.5, 0.6) is 0 Å². The minimum atomic E-state index is -0.718. The second-order valence-corrected chi connectivity index (χ2v) is 14.9. The second kappa shape index (κ2) is 14.4. The molecule has 4 aromatic carbocycles. The standard InChI is InChI=1S/C39H43N2O2P/c1-28-16-14-25-33(28)38(42)40-36(29-17-6-2-7-18-29)37(30-19-8-3-9-20-30)41-39(43)34-26-15-27-35(34)44(31-21-10-4-11-22-31)32-23-12-5-13-24-32/h2-13,17-24,28,33-37H,14-16,25-27H2,1H3,(H,40,42)(H,41,43). The molecule has 0 spiro atoms. The van der Waals surface area contributed by atoms with E-state index in [1.807, 2.05) is 36.4 Å². The van der Waals surface area contributed by atoms with E-state index in [0.29, 0.717) is 5.92 Å². The Morgan fingerprint density at radius 1 is 0.568 bits per heavy atom. The molecule has 4 nitrogen and oxygen atoms in total. The summed E-state index contributed by atoms with van der Waals surface area (Å²) >= 11 is 0. The third kappa shape index (κ3) is 6.81. The Bertz CT molecular complexity index is 1460. The van der Waals surface area contributed by atoms with Gasteiger partial charge in [0.05, 0.1) is 12.1 Å². The average molecular weight is 603 g/mol. The third-order valence-corrected chi connectivity index (χ3v) is 12.7. The van der Waals surface area contributed by atoms with Gasteiger partial charge in [0.25, 0.3) is 0 Å². The number of carbonyl (C=O) groups is 2. The van der Waals surface area contributed by atoms with Crippen LogP contribution in [0.3, 0.4) is 0 Å². The molecule has 2 N–H and O–H groups in total. The van der Waals surface area contributed by atoms with Crippen molar-refractivity contribution in [1.29, 1.82) is 0 Å². The minimum Gasteiger partial charge on any atom is -0.347 e. The van der Waals surface area contributed by atoms with Gasteiger partial charge in [-0.05, 0) is 66.9 Å². The van der Waals surface area contributed by atoms with Gasteiger partial charge in [0.2, 0.25) is 11.8 Å². The molecule has 5 heteroatoms. The first-order valence-electron chi connectivity index (χ1n) is 16.2. The van der Waals surface area contributed by atoms with E-state index in [-0.39, 0.29) is 35.4 Å². The Balaban J connectivity index is 1.33. The van der Waals surface area contributed by atoms with E-state index in [1.54, 1.807) is 0 Å². The summed E-state index contributed by atoms with van der Waals surface area (Å²) in [7, 11) is -0.718. The Kier molecular flexibility index (Phi) is 9.88. The number of carbonyl (C=O) groups excluding carboxylic acids is 2. The fraction of sp³-hybridized carbons (Fsp3) is 0.333. The van der Waals surface area contributed by atoms with Crippen LogP contribution in [0.1, 0.15) is 68.7 Å². The Hall–Kier alpha value is -3.75. The van der Waals surface area contributed by atoms with E-state index >= 15 is 0 Å². The molecule has 6 rings (SSSR count). The summed E-state index contributed by atoms with van der Waals surface area (Å²) in [5, 5.41) is 9.60. The van der Waals surface area contributed by atoms with Gasteiger partial charge in [-0.25, -0.2) is 0 Å². The predicted molar refractivity (Wildman–Crippen MR) is 181 cm³/mol. The van der Waals surface area contributed by atoms with E-state index in [9.17, 15) is 9.59 Å². The zero-order valence-electron chi connectivity index (χ0n) is 25.5. The first kappa shape index (κ1) is 30.3. The SMILES string of the molecule is CC1CCCC1C(=O)NC(c1ccccc1)C(NC(=O)C1CCCC1P(c1ccccc1)c1ccccc1)c1ccccc1. The molecule has 0 aliphatic heterocycles. The average Bonchev–Trinajstić information content (AvgIpc) is 3.74. The van der Waals surface area contributed by atoms with E-state index in [4.69, 9.17) is 0 Å². The fourth-order valence-electron chi connectivity index (χ4n) is 7.36. The molecule has 44 heavy (non-hydrogen) atoms. The summed E-state index contributed by atoms with van der Waals surface area (Å²) in [5.74, 6) is 0.452. The molecular formula is C39H43N2O2P. The first-order chi connectivity index (χ1) is 21.6. The van der Waals surface area contributed by atoms with Gasteiger partial charge in [0.15, 0.2) is 0 Å². The van der Waals surface area contributed by atoms with Gasteiger partial charge >= 0.3 is 0 Å². The van der Waals surface area contributed by atoms with Crippen LogP contribution in [0.15, 0.2) is 121 Å². The molecule has 0 saturated heterocycles. The van der Waals surface area contributed by atoms with Crippen molar-refractivity contribution in [3.05, 3.63) is 132 Å². The molecule has 0 radical (unpaired) electrons. The van der Waals surface area contributed by atoms with Gasteiger partial charge in [-0.15, -0.1) is 0 Å². The molecule has 0 heterocycles. The van der Waals surface area contributed by atoms with Gasteiger partial charge < -0.3 is 10.6 Å². The van der Waals surface area contributed by atoms with Crippen molar-refractivity contribution in [1.82, 2.24) is 10.6 Å². The molecule has 2 aliphatic carbocycles. The molecule has 0 bridgehead atoms. The quantitative estimate of drug-likeness (QED) is 0.185. The number of hydrogen-bond donors (Lipinski definition) is 2. The maximum Gasteiger partial charge on any atom is 0.224 e. The van der Waals surface area contributed by atoms with Gasteiger partial charge in [-0.1, -0.05) is 141 Å². The zero-order valence-corrected chi connectivity index (χ0v) is 26.4. The van der Waals surface area contributed by atoms with Crippen LogP contribution in [0.25, 0.3) is 0 Å². The van der Waals surface area contributed by atoms with Crippen molar-refractivity contribution in [3.8, 4) is 0 Å². The lowest BCUT2D eigenvalue weighted by Gasteiger charge is -2.34. The summed E-state index contributed by atoms with van der Waals surface area (Å²) < 4.78 is 0. The summed E-state index contributed by atoms with van der Waals surface area (Å²) in [6.45, 7) is 2.18. The topological polar surface area (TPSA) is 58.2 Å². The van der Waals surface area contributed by atoms with E-state index in [1.165, 1.54) is 10.6 Å². The molecule has 0 aromatic heterocycles. The lowest BCUT2D eigenvalue weighted by molar-refractivity contribution is -0.129. The molecule has 2 amide bonds. The van der Waals surface area contributed by atoms with Gasteiger partial charge in [-0.3, -0.25) is 9.59 Å². The number of rotatable bonds is 10. The molecule has 2 aliphatic rings. The Labute approximate surface area is 263 Å². The number of hydrogen-bond acceptors (Lipinski definition) is 2. The summed E-state index contributed by atoms with van der Waals surface area (Å²) in [6, 6.07) is 41.0. The molecule has 2 saturated carbocycles. The van der Waals surface area contributed by atoms with Crippen molar-refractivity contribution in [2.75, 3.05) is 0 Å². The van der Waals surface area contributed by atoms with Gasteiger partial charge in [0, 0.05) is 11.8 Å². The Morgan fingerprint density at radius 2 is 0.977 bits per heavy atom. The number of amides is 2. The third-order valence-electron chi connectivity index (χ3n) is 9.66. The molecule has 6 atom stereocenters. The lowest BCUT2D eigenvalue weighted by atomic mass is 9.90. The minimum absolute atomic E-state index is 0.00727. The van der Waals surface area contributed by atoms with Gasteiger partial charge in [0.1, 0.15) is 0 Å². The summed E-state index contributed by atoms with van der Waals surface area (Å²) in [6.07, 6.45) is 6.03. The van der Waals surface area contributed by atoms with Crippen molar-refractivity contribution in [2.45, 2.75) is 63.2 Å². The number of benzene rings is 4. The second-order valence-electron chi connectivity index (χ2n) is 12.5. The number of nitrogens with one attached hydrogen (secondary N) is 2. The van der Waals surface area contributed by atoms with E-state index in [0.717, 1.165) is 49.7 Å². The zero-order chi connectivity index (χ0) is 30.3. The van der Waals surface area contributed by atoms with Crippen LogP contribution in [0, 0.1) is 17.8 Å². The predicted octanol–water partition coefficient (Wildman–Crippen LogP) is 7.44. The van der Waals surface area contributed by atoms with Crippen molar-refractivity contribution in [2.24, 2.45) is 17.8 Å². The van der Waals surface area contributed by atoms with Crippen LogP contribution >= 0.6 is 7.92 Å². The highest BCUT2D eigenvalue weighted by Crippen LogP contribution is 2.50. The molecule has 226 valence electrons. The van der Waals surface area contributed by atoms with Crippen LogP contribution < -0.4 is 21.2 Å². The monoisotopic (exact) mass is 602 g/mol. The largest absolute Gasteiger partial charge is 0.347 e. The van der Waals surface area contributed by atoms with Gasteiger partial charge in [-0.2, -0.15) is 0 Å². The highest BCUT2D eigenvalue weighted by molar-refractivity contribution is 7.73. The maximum atomic E-state index is 14.5. The highest BCUT2D eigenvalue weighted by atomic mass is 31.1. The van der Waals surface area contributed by atoms with Crippen LogP contribution in [0.4, 0.5) is 0 Å². The molecule has 6 unspecified atom stereocenters. The summed E-state index contributed by atoms with van der Waals surface area (Å²) in [5.41, 5.74) is 2.24. The van der Waals surface area contributed by atoms with Crippen LogP contribution in [-0.2, 0) is 9.59 Å². The summed E-state index contributed by atoms with van der Waals surface area (Å²) in [4.78, 5) is 28.3. The molecule has 4 aromatic rings. The first-order valence-corrected chi connectivity index (χ1v) is 17.6. The van der Waals surface area contributed by atoms with Crippen molar-refractivity contribution < 1.29 is 9.59 Å². The smallest absolute Gasteiger partial charge is 0.224 e. The molecule has 2 fully saturated rings. The normalized spacial score (nSPS) is 22.8. The van der Waals surface area contributed by atoms with Crippen LogP contribution in [-0.4, -0.2) is 17.5 Å². The maximum absolute atomic E-state index is 14.5. The van der Waals surface area contributed by atoms with Crippen LogP contribution in [0.2, 0.25) is 0 Å². The fourth-order valence-corrected chi connectivity index (χ4v) is 10.5.